The predicted octanol–water partition coefficient (Wildman–Crippen LogP) is 3.23. The maximum absolute atomic E-state index is 13.5. The van der Waals surface area contributed by atoms with Crippen molar-refractivity contribution in [3.05, 3.63) is 45.9 Å². The Morgan fingerprint density at radius 1 is 1.41 bits per heavy atom. The number of nitrogens with zero attached hydrogens (tertiary/aromatic N) is 4. The fourth-order valence-corrected chi connectivity index (χ4v) is 1.83. The van der Waals surface area contributed by atoms with E-state index in [1.54, 1.807) is 25.1 Å². The van der Waals surface area contributed by atoms with Crippen molar-refractivity contribution in [1.29, 1.82) is 10.5 Å². The zero-order valence-corrected chi connectivity index (χ0v) is 12.9. The lowest BCUT2D eigenvalue weighted by Crippen LogP contribution is -2.13. The first-order chi connectivity index (χ1) is 10.5. The van der Waals surface area contributed by atoms with Crippen molar-refractivity contribution in [3.8, 4) is 12.1 Å². The quantitative estimate of drug-likeness (QED) is 0.458. The molecule has 0 aliphatic heterocycles. The van der Waals surface area contributed by atoms with Crippen LogP contribution in [0.1, 0.15) is 12.0 Å². The van der Waals surface area contributed by atoms with Crippen LogP contribution in [0.5, 0.6) is 0 Å². The highest BCUT2D eigenvalue weighted by molar-refractivity contribution is 6.31. The summed E-state index contributed by atoms with van der Waals surface area (Å²) in [4.78, 5) is 6.65. The Hall–Kier alpha value is -2.57. The van der Waals surface area contributed by atoms with Crippen LogP contribution in [0.15, 0.2) is 34.6 Å². The van der Waals surface area contributed by atoms with E-state index in [9.17, 15) is 4.39 Å². The van der Waals surface area contributed by atoms with Crippen molar-refractivity contribution in [1.82, 2.24) is 4.90 Å². The Labute approximate surface area is 133 Å². The third-order valence-corrected chi connectivity index (χ3v) is 3.11. The zero-order chi connectivity index (χ0) is 16.5. The second-order valence-electron chi connectivity index (χ2n) is 4.41. The van der Waals surface area contributed by atoms with E-state index in [4.69, 9.17) is 27.0 Å². The maximum atomic E-state index is 13.5. The molecule has 22 heavy (non-hydrogen) atoms. The van der Waals surface area contributed by atoms with Gasteiger partial charge in [0.2, 0.25) is 0 Å². The van der Waals surface area contributed by atoms with Gasteiger partial charge in [0, 0.05) is 38.0 Å². The number of halogens is 2. The highest BCUT2D eigenvalue weighted by Crippen LogP contribution is 2.19. The molecule has 0 heterocycles. The molecule has 0 aromatic heterocycles. The summed E-state index contributed by atoms with van der Waals surface area (Å²) in [6, 6.07) is 7.99. The second kappa shape index (κ2) is 8.66. The molecular formula is C15H14ClFN4O. The lowest BCUT2D eigenvalue weighted by molar-refractivity contribution is 0.129. The van der Waals surface area contributed by atoms with Crippen LogP contribution in [0.25, 0.3) is 0 Å². The van der Waals surface area contributed by atoms with Gasteiger partial charge in [0.05, 0.1) is 5.02 Å². The zero-order valence-electron chi connectivity index (χ0n) is 12.2. The molecule has 1 rings (SSSR count). The molecule has 7 heteroatoms. The van der Waals surface area contributed by atoms with Crippen molar-refractivity contribution < 1.29 is 9.23 Å². The average Bonchev–Trinajstić information content (AvgIpc) is 2.48. The van der Waals surface area contributed by atoms with E-state index in [1.165, 1.54) is 18.3 Å². The smallest absolute Gasteiger partial charge is 0.149 e. The van der Waals surface area contributed by atoms with E-state index in [0.717, 1.165) is 0 Å². The molecule has 0 aliphatic carbocycles. The number of nitriles is 2. The van der Waals surface area contributed by atoms with Crippen molar-refractivity contribution in [2.24, 2.45) is 5.16 Å². The summed E-state index contributed by atoms with van der Waals surface area (Å²) >= 11 is 5.86. The van der Waals surface area contributed by atoms with E-state index in [1.807, 2.05) is 12.1 Å². The highest BCUT2D eigenvalue weighted by atomic mass is 35.5. The average molecular weight is 321 g/mol. The third-order valence-electron chi connectivity index (χ3n) is 2.76. The van der Waals surface area contributed by atoms with Gasteiger partial charge in [0.1, 0.15) is 30.1 Å². The number of rotatable bonds is 6. The number of hydrogen-bond acceptors (Lipinski definition) is 5. The first-order valence-electron chi connectivity index (χ1n) is 6.28. The Morgan fingerprint density at radius 3 is 2.64 bits per heavy atom. The molecule has 0 atom stereocenters. The van der Waals surface area contributed by atoms with Crippen molar-refractivity contribution in [2.75, 3.05) is 14.1 Å². The monoisotopic (exact) mass is 320 g/mol. The molecule has 0 aliphatic rings. The minimum Gasteiger partial charge on any atom is -0.391 e. The van der Waals surface area contributed by atoms with Crippen molar-refractivity contribution in [2.45, 2.75) is 13.0 Å². The predicted molar refractivity (Wildman–Crippen MR) is 81.2 cm³/mol. The van der Waals surface area contributed by atoms with Crippen LogP contribution in [0.2, 0.25) is 5.02 Å². The van der Waals surface area contributed by atoms with Gasteiger partial charge in [0.15, 0.2) is 0 Å². The minimum atomic E-state index is -0.465. The van der Waals surface area contributed by atoms with Gasteiger partial charge < -0.3 is 9.74 Å². The van der Waals surface area contributed by atoms with Gasteiger partial charge in [0.25, 0.3) is 0 Å². The molecule has 0 spiro atoms. The van der Waals surface area contributed by atoms with Crippen LogP contribution in [-0.2, 0) is 11.4 Å². The van der Waals surface area contributed by atoms with Crippen molar-refractivity contribution in [3.63, 3.8) is 0 Å². The Morgan fingerprint density at radius 2 is 2.09 bits per heavy atom. The molecule has 0 amide bonds. The molecule has 0 fully saturated rings. The number of oxime groups is 1. The molecule has 0 saturated carbocycles. The summed E-state index contributed by atoms with van der Waals surface area (Å²) in [5.74, 6) is -0.465. The van der Waals surface area contributed by atoms with Crippen LogP contribution >= 0.6 is 11.6 Å². The molecule has 1 aromatic carbocycles. The minimum absolute atomic E-state index is 0.00796. The van der Waals surface area contributed by atoms with Gasteiger partial charge in [-0.1, -0.05) is 22.8 Å². The SMILES string of the molecule is CN(C)C(CC=NOCc1c(F)cccc1Cl)=C(C#N)C#N. The summed E-state index contributed by atoms with van der Waals surface area (Å²) in [7, 11) is 3.44. The fourth-order valence-electron chi connectivity index (χ4n) is 1.61. The van der Waals surface area contributed by atoms with Crippen LogP contribution in [0, 0.1) is 28.5 Å². The maximum Gasteiger partial charge on any atom is 0.149 e. The Kier molecular flexibility index (Phi) is 6.88. The van der Waals surface area contributed by atoms with Crippen LogP contribution in [0.3, 0.4) is 0 Å². The molecule has 0 N–H and O–H groups in total. The highest BCUT2D eigenvalue weighted by Gasteiger charge is 2.08. The summed E-state index contributed by atoms with van der Waals surface area (Å²) in [5.41, 5.74) is 0.745. The first kappa shape index (κ1) is 17.5. The standard InChI is InChI=1S/C15H14ClFN4O/c1-21(2)15(11(8-18)9-19)6-7-20-22-10-12-13(16)4-3-5-14(12)17/h3-5,7H,6,10H2,1-2H3. The molecule has 0 radical (unpaired) electrons. The van der Waals surface area contributed by atoms with Gasteiger partial charge >= 0.3 is 0 Å². The molecule has 0 saturated heterocycles. The topological polar surface area (TPSA) is 72.4 Å². The summed E-state index contributed by atoms with van der Waals surface area (Å²) < 4.78 is 13.5. The van der Waals surface area contributed by atoms with Crippen LogP contribution in [0.4, 0.5) is 4.39 Å². The molecule has 0 bridgehead atoms. The number of allylic oxidation sites excluding steroid dienone is 2. The molecule has 5 nitrogen and oxygen atoms in total. The first-order valence-corrected chi connectivity index (χ1v) is 6.66. The van der Waals surface area contributed by atoms with Gasteiger partial charge in [-0.15, -0.1) is 0 Å². The van der Waals surface area contributed by atoms with E-state index in [-0.39, 0.29) is 29.2 Å². The van der Waals surface area contributed by atoms with Crippen LogP contribution < -0.4 is 0 Å². The Bertz CT molecular complexity index is 635. The second-order valence-corrected chi connectivity index (χ2v) is 4.81. The largest absolute Gasteiger partial charge is 0.391 e. The normalized spacial score (nSPS) is 9.91. The van der Waals surface area contributed by atoms with Gasteiger partial charge in [-0.05, 0) is 12.1 Å². The lowest BCUT2D eigenvalue weighted by atomic mass is 10.2. The van der Waals surface area contributed by atoms with E-state index < -0.39 is 5.82 Å². The third kappa shape index (κ3) is 4.76. The molecule has 114 valence electrons. The van der Waals surface area contributed by atoms with E-state index in [0.29, 0.717) is 5.70 Å². The van der Waals surface area contributed by atoms with Gasteiger partial charge in [-0.25, -0.2) is 4.39 Å². The van der Waals surface area contributed by atoms with Crippen molar-refractivity contribution >= 4 is 17.8 Å². The van der Waals surface area contributed by atoms with E-state index in [2.05, 4.69) is 5.16 Å². The van der Waals surface area contributed by atoms with Gasteiger partial charge in [-0.3, -0.25) is 0 Å². The molecule has 1 aromatic rings. The summed E-state index contributed by atoms with van der Waals surface area (Å²) in [6.07, 6.45) is 1.65. The number of benzene rings is 1. The molecular weight excluding hydrogens is 307 g/mol. The molecule has 0 unspecified atom stereocenters. The fraction of sp³-hybridized carbons (Fsp3) is 0.267. The van der Waals surface area contributed by atoms with Crippen LogP contribution in [-0.4, -0.2) is 25.2 Å². The lowest BCUT2D eigenvalue weighted by Gasteiger charge is -2.14. The summed E-state index contributed by atoms with van der Waals surface area (Å²) in [6.45, 7) is -0.105. The number of hydrogen-bond donors (Lipinski definition) is 0. The summed E-state index contributed by atoms with van der Waals surface area (Å²) in [5, 5.41) is 21.7. The van der Waals surface area contributed by atoms with Gasteiger partial charge in [-0.2, -0.15) is 10.5 Å². The van der Waals surface area contributed by atoms with E-state index >= 15 is 0 Å². The Balaban J connectivity index is 2.66.